The summed E-state index contributed by atoms with van der Waals surface area (Å²) in [6, 6.07) is 38.5. The molecule has 2 N–H and O–H groups in total. The first kappa shape index (κ1) is 28.7. The van der Waals surface area contributed by atoms with Gasteiger partial charge in [-0.3, -0.25) is 4.79 Å². The molecule has 1 aliphatic rings. The Balaban J connectivity index is 1.42. The van der Waals surface area contributed by atoms with Gasteiger partial charge in [-0.05, 0) is 22.3 Å². The standard InChI is InChI=1S/C34H35NO6/c36-29-30(38-21-25-13-5-1-6-14-25)31(39-22-26-15-7-2-8-16-26)32(40-23-27-17-9-3-10-18-27)33(37)35-34(29)41-24-28-19-11-4-12-20-28/h1-20,29-32,34,36H,21-24H2,(H,35,37)/t29-,30-,31-,32+,34?/m0/s1. The number of ether oxygens (including phenoxy) is 4. The molecule has 0 radical (unpaired) electrons. The van der Waals surface area contributed by atoms with Gasteiger partial charge in [0.25, 0.3) is 5.91 Å². The van der Waals surface area contributed by atoms with Crippen LogP contribution >= 0.6 is 0 Å². The molecule has 1 aliphatic heterocycles. The van der Waals surface area contributed by atoms with E-state index in [-0.39, 0.29) is 26.4 Å². The molecule has 1 amide bonds. The summed E-state index contributed by atoms with van der Waals surface area (Å²) < 4.78 is 25.0. The van der Waals surface area contributed by atoms with Crippen LogP contribution in [0.25, 0.3) is 0 Å². The zero-order valence-electron chi connectivity index (χ0n) is 22.8. The molecule has 1 unspecified atom stereocenters. The minimum Gasteiger partial charge on any atom is -0.386 e. The van der Waals surface area contributed by atoms with Crippen LogP contribution < -0.4 is 5.32 Å². The van der Waals surface area contributed by atoms with Gasteiger partial charge in [-0.25, -0.2) is 0 Å². The van der Waals surface area contributed by atoms with Crippen LogP contribution in [0.3, 0.4) is 0 Å². The van der Waals surface area contributed by atoms with Crippen LogP contribution in [0, 0.1) is 0 Å². The van der Waals surface area contributed by atoms with E-state index in [1.54, 1.807) is 0 Å². The van der Waals surface area contributed by atoms with Crippen LogP contribution in [0.4, 0.5) is 0 Å². The van der Waals surface area contributed by atoms with Crippen molar-refractivity contribution in [2.45, 2.75) is 57.1 Å². The van der Waals surface area contributed by atoms with E-state index in [2.05, 4.69) is 5.32 Å². The first-order valence-electron chi connectivity index (χ1n) is 13.8. The van der Waals surface area contributed by atoms with Crippen molar-refractivity contribution < 1.29 is 28.8 Å². The molecular weight excluding hydrogens is 518 g/mol. The van der Waals surface area contributed by atoms with Gasteiger partial charge in [0.15, 0.2) is 12.3 Å². The number of hydrogen-bond acceptors (Lipinski definition) is 6. The zero-order chi connectivity index (χ0) is 28.3. The van der Waals surface area contributed by atoms with Crippen LogP contribution in [-0.2, 0) is 50.2 Å². The molecule has 0 saturated carbocycles. The summed E-state index contributed by atoms with van der Waals surface area (Å²) in [5.41, 5.74) is 3.67. The molecule has 4 aromatic rings. The number of benzene rings is 4. The Bertz CT molecular complexity index is 1320. The predicted molar refractivity (Wildman–Crippen MR) is 154 cm³/mol. The number of rotatable bonds is 12. The van der Waals surface area contributed by atoms with Crippen LogP contribution in [0.15, 0.2) is 121 Å². The minimum atomic E-state index is -1.24. The minimum absolute atomic E-state index is 0.182. The van der Waals surface area contributed by atoms with Crippen LogP contribution in [-0.4, -0.2) is 41.7 Å². The summed E-state index contributed by atoms with van der Waals surface area (Å²) in [5, 5.41) is 14.5. The van der Waals surface area contributed by atoms with E-state index in [4.69, 9.17) is 18.9 Å². The fourth-order valence-corrected chi connectivity index (χ4v) is 4.74. The highest BCUT2D eigenvalue weighted by Crippen LogP contribution is 2.26. The van der Waals surface area contributed by atoms with Gasteiger partial charge in [-0.1, -0.05) is 121 Å². The molecule has 5 atom stereocenters. The number of hydrogen-bond donors (Lipinski definition) is 2. The fourth-order valence-electron chi connectivity index (χ4n) is 4.74. The van der Waals surface area contributed by atoms with Crippen molar-refractivity contribution in [1.82, 2.24) is 5.32 Å². The van der Waals surface area contributed by atoms with E-state index >= 15 is 0 Å². The third kappa shape index (κ3) is 8.10. The first-order valence-corrected chi connectivity index (χ1v) is 13.8. The second-order valence-electron chi connectivity index (χ2n) is 9.96. The first-order chi connectivity index (χ1) is 20.2. The molecule has 0 aliphatic carbocycles. The number of aliphatic hydroxyl groups excluding tert-OH is 1. The highest BCUT2D eigenvalue weighted by molar-refractivity contribution is 5.82. The van der Waals surface area contributed by atoms with Gasteiger partial charge in [0.05, 0.1) is 26.4 Å². The topological polar surface area (TPSA) is 86.3 Å². The molecule has 7 heteroatoms. The SMILES string of the molecule is O=C1NC(OCc2ccccc2)[C@@H](O)[C@H](OCc2ccccc2)[C@H](OCc2ccccc2)[C@H]1OCc1ccccc1. The zero-order valence-corrected chi connectivity index (χ0v) is 22.8. The smallest absolute Gasteiger partial charge is 0.254 e. The average molecular weight is 554 g/mol. The molecule has 1 fully saturated rings. The number of aliphatic hydroxyl groups is 1. The van der Waals surface area contributed by atoms with Gasteiger partial charge in [-0.15, -0.1) is 0 Å². The monoisotopic (exact) mass is 553 g/mol. The van der Waals surface area contributed by atoms with E-state index in [1.807, 2.05) is 121 Å². The predicted octanol–water partition coefficient (Wildman–Crippen LogP) is 4.78. The van der Waals surface area contributed by atoms with Crippen molar-refractivity contribution in [2.75, 3.05) is 0 Å². The summed E-state index contributed by atoms with van der Waals surface area (Å²) in [6.07, 6.45) is -5.23. The molecule has 212 valence electrons. The van der Waals surface area contributed by atoms with Crippen molar-refractivity contribution in [1.29, 1.82) is 0 Å². The van der Waals surface area contributed by atoms with E-state index in [0.717, 1.165) is 22.3 Å². The van der Waals surface area contributed by atoms with Crippen molar-refractivity contribution in [3.8, 4) is 0 Å². The maximum atomic E-state index is 13.7. The molecule has 4 aromatic carbocycles. The highest BCUT2D eigenvalue weighted by atomic mass is 16.6. The quantitative estimate of drug-likeness (QED) is 0.263. The third-order valence-electron chi connectivity index (χ3n) is 6.93. The Kier molecular flexibility index (Phi) is 10.3. The maximum absolute atomic E-state index is 13.7. The van der Waals surface area contributed by atoms with E-state index < -0.39 is 36.6 Å². The van der Waals surface area contributed by atoms with Crippen LogP contribution in [0.2, 0.25) is 0 Å². The normalized spacial score (nSPS) is 22.6. The molecule has 0 bridgehead atoms. The lowest BCUT2D eigenvalue weighted by molar-refractivity contribution is -0.188. The van der Waals surface area contributed by atoms with Crippen molar-refractivity contribution in [3.05, 3.63) is 144 Å². The second-order valence-corrected chi connectivity index (χ2v) is 9.96. The Hall–Kier alpha value is -3.85. The summed E-state index contributed by atoms with van der Waals surface area (Å²) in [4.78, 5) is 13.7. The largest absolute Gasteiger partial charge is 0.386 e. The average Bonchev–Trinajstić information content (AvgIpc) is 3.12. The van der Waals surface area contributed by atoms with Gasteiger partial charge in [0.1, 0.15) is 18.3 Å². The van der Waals surface area contributed by atoms with E-state index in [0.29, 0.717) is 0 Å². The molecule has 0 spiro atoms. The van der Waals surface area contributed by atoms with Gasteiger partial charge in [0, 0.05) is 0 Å². The number of carbonyl (C=O) groups excluding carboxylic acids is 1. The molecular formula is C34H35NO6. The second kappa shape index (κ2) is 14.7. The fraction of sp³-hybridized carbons (Fsp3) is 0.265. The number of nitrogens with one attached hydrogen (secondary N) is 1. The Labute approximate surface area is 240 Å². The maximum Gasteiger partial charge on any atom is 0.254 e. The van der Waals surface area contributed by atoms with Gasteiger partial charge in [-0.2, -0.15) is 0 Å². The lowest BCUT2D eigenvalue weighted by atomic mass is 10.0. The summed E-state index contributed by atoms with van der Waals surface area (Å²) >= 11 is 0. The highest BCUT2D eigenvalue weighted by Gasteiger charge is 2.48. The van der Waals surface area contributed by atoms with Gasteiger partial charge >= 0.3 is 0 Å². The van der Waals surface area contributed by atoms with Crippen LogP contribution in [0.1, 0.15) is 22.3 Å². The van der Waals surface area contributed by atoms with E-state index in [1.165, 1.54) is 0 Å². The molecule has 41 heavy (non-hydrogen) atoms. The molecule has 0 aromatic heterocycles. The molecule has 1 heterocycles. The number of carbonyl (C=O) groups is 1. The molecule has 7 nitrogen and oxygen atoms in total. The molecule has 1 saturated heterocycles. The summed E-state index contributed by atoms with van der Waals surface area (Å²) in [7, 11) is 0. The van der Waals surface area contributed by atoms with Gasteiger partial charge < -0.3 is 29.4 Å². The summed E-state index contributed by atoms with van der Waals surface area (Å²) in [5.74, 6) is -0.443. The Morgan fingerprint density at radius 3 is 1.32 bits per heavy atom. The lowest BCUT2D eigenvalue weighted by Crippen LogP contribution is -2.51. The van der Waals surface area contributed by atoms with Crippen molar-refractivity contribution in [2.24, 2.45) is 0 Å². The Morgan fingerprint density at radius 1 is 0.512 bits per heavy atom. The van der Waals surface area contributed by atoms with Gasteiger partial charge in [0.2, 0.25) is 0 Å². The van der Waals surface area contributed by atoms with Crippen molar-refractivity contribution in [3.63, 3.8) is 0 Å². The lowest BCUT2D eigenvalue weighted by Gasteiger charge is -2.33. The van der Waals surface area contributed by atoms with Crippen LogP contribution in [0.5, 0.6) is 0 Å². The Morgan fingerprint density at radius 2 is 0.878 bits per heavy atom. The summed E-state index contributed by atoms with van der Waals surface area (Å²) in [6.45, 7) is 0.788. The molecule has 5 rings (SSSR count). The van der Waals surface area contributed by atoms with E-state index in [9.17, 15) is 9.90 Å². The number of amides is 1. The third-order valence-corrected chi connectivity index (χ3v) is 6.93. The van der Waals surface area contributed by atoms with Crippen molar-refractivity contribution >= 4 is 5.91 Å².